The standard InChI is InChI=1S/C12H14F3N3/c13-12(14,15)11-7-10(4-3-9(11)8-17)18-6-2-1-5-16/h3-4,7,18H,1-2,5-6,16H2. The Labute approximate surface area is 103 Å². The highest BCUT2D eigenvalue weighted by molar-refractivity contribution is 5.53. The number of hydrogen-bond donors (Lipinski definition) is 2. The van der Waals surface area contributed by atoms with Crippen molar-refractivity contribution in [3.63, 3.8) is 0 Å². The van der Waals surface area contributed by atoms with Crippen LogP contribution in [0, 0.1) is 11.3 Å². The SMILES string of the molecule is N#Cc1ccc(NCCCCN)cc1C(F)(F)F. The number of rotatable bonds is 5. The van der Waals surface area contributed by atoms with E-state index in [1.807, 2.05) is 0 Å². The van der Waals surface area contributed by atoms with Crippen molar-refractivity contribution in [3.8, 4) is 6.07 Å². The molecule has 0 aliphatic heterocycles. The van der Waals surface area contributed by atoms with E-state index in [0.29, 0.717) is 18.8 Å². The predicted molar refractivity (Wildman–Crippen MR) is 62.9 cm³/mol. The van der Waals surface area contributed by atoms with Gasteiger partial charge in [-0.25, -0.2) is 0 Å². The van der Waals surface area contributed by atoms with Crippen LogP contribution in [0.5, 0.6) is 0 Å². The molecule has 18 heavy (non-hydrogen) atoms. The van der Waals surface area contributed by atoms with Crippen LogP contribution in [0.25, 0.3) is 0 Å². The molecular formula is C12H14F3N3. The first-order valence-corrected chi connectivity index (χ1v) is 5.54. The largest absolute Gasteiger partial charge is 0.417 e. The third-order valence-electron chi connectivity index (χ3n) is 2.41. The van der Waals surface area contributed by atoms with Crippen LogP contribution in [0.3, 0.4) is 0 Å². The molecule has 6 heteroatoms. The smallest absolute Gasteiger partial charge is 0.385 e. The summed E-state index contributed by atoms with van der Waals surface area (Å²) in [5.41, 5.74) is 4.40. The molecule has 0 saturated heterocycles. The van der Waals surface area contributed by atoms with Crippen LogP contribution >= 0.6 is 0 Å². The van der Waals surface area contributed by atoms with E-state index in [1.54, 1.807) is 6.07 Å². The average molecular weight is 257 g/mol. The minimum Gasteiger partial charge on any atom is -0.385 e. The van der Waals surface area contributed by atoms with Gasteiger partial charge in [-0.1, -0.05) is 0 Å². The fraction of sp³-hybridized carbons (Fsp3) is 0.417. The molecule has 0 bridgehead atoms. The Kier molecular flexibility index (Phi) is 4.98. The predicted octanol–water partition coefficient (Wildman–Crippen LogP) is 2.73. The highest BCUT2D eigenvalue weighted by Crippen LogP contribution is 2.33. The lowest BCUT2D eigenvalue weighted by Gasteiger charge is -2.12. The molecule has 0 aliphatic rings. The van der Waals surface area contributed by atoms with E-state index in [2.05, 4.69) is 5.32 Å². The molecule has 3 nitrogen and oxygen atoms in total. The molecule has 1 aromatic carbocycles. The Morgan fingerprint density at radius 3 is 2.56 bits per heavy atom. The summed E-state index contributed by atoms with van der Waals surface area (Å²) in [5.74, 6) is 0. The second kappa shape index (κ2) is 6.26. The van der Waals surface area contributed by atoms with E-state index in [0.717, 1.165) is 18.9 Å². The van der Waals surface area contributed by atoms with Crippen molar-refractivity contribution in [2.45, 2.75) is 19.0 Å². The van der Waals surface area contributed by atoms with Crippen molar-refractivity contribution in [1.29, 1.82) is 5.26 Å². The van der Waals surface area contributed by atoms with E-state index in [-0.39, 0.29) is 5.56 Å². The van der Waals surface area contributed by atoms with Crippen molar-refractivity contribution in [1.82, 2.24) is 0 Å². The van der Waals surface area contributed by atoms with Crippen LogP contribution < -0.4 is 11.1 Å². The van der Waals surface area contributed by atoms with Crippen molar-refractivity contribution in [2.75, 3.05) is 18.4 Å². The molecule has 0 amide bonds. The summed E-state index contributed by atoms with van der Waals surface area (Å²) in [6, 6.07) is 5.14. The van der Waals surface area contributed by atoms with Gasteiger partial charge in [0.2, 0.25) is 0 Å². The van der Waals surface area contributed by atoms with Gasteiger partial charge in [-0.3, -0.25) is 0 Å². The second-order valence-electron chi connectivity index (χ2n) is 3.79. The maximum atomic E-state index is 12.7. The number of benzene rings is 1. The number of hydrogen-bond acceptors (Lipinski definition) is 3. The number of nitriles is 1. The molecule has 1 rings (SSSR count). The molecule has 0 saturated carbocycles. The first kappa shape index (κ1) is 14.3. The van der Waals surface area contributed by atoms with E-state index in [1.165, 1.54) is 12.1 Å². The number of unbranched alkanes of at least 4 members (excludes halogenated alkanes) is 1. The van der Waals surface area contributed by atoms with Gasteiger partial charge in [-0.05, 0) is 37.6 Å². The molecule has 0 heterocycles. The lowest BCUT2D eigenvalue weighted by atomic mass is 10.1. The topological polar surface area (TPSA) is 61.8 Å². The van der Waals surface area contributed by atoms with Crippen molar-refractivity contribution in [3.05, 3.63) is 29.3 Å². The summed E-state index contributed by atoms with van der Waals surface area (Å²) < 4.78 is 38.0. The summed E-state index contributed by atoms with van der Waals surface area (Å²) in [4.78, 5) is 0. The Balaban J connectivity index is 2.81. The lowest BCUT2D eigenvalue weighted by Crippen LogP contribution is -2.10. The fourth-order valence-electron chi connectivity index (χ4n) is 1.49. The third-order valence-corrected chi connectivity index (χ3v) is 2.41. The number of halogens is 3. The normalized spacial score (nSPS) is 11.1. The molecule has 0 spiro atoms. The first-order valence-electron chi connectivity index (χ1n) is 5.54. The maximum absolute atomic E-state index is 12.7. The molecule has 1 aromatic rings. The van der Waals surface area contributed by atoms with Gasteiger partial charge >= 0.3 is 6.18 Å². The summed E-state index contributed by atoms with van der Waals surface area (Å²) in [5, 5.41) is 11.5. The zero-order chi connectivity index (χ0) is 13.6. The van der Waals surface area contributed by atoms with Crippen molar-refractivity contribution < 1.29 is 13.2 Å². The number of anilines is 1. The molecule has 0 aromatic heterocycles. The van der Waals surface area contributed by atoms with Crippen molar-refractivity contribution >= 4 is 5.69 Å². The van der Waals surface area contributed by atoms with Gasteiger partial charge in [0.15, 0.2) is 0 Å². The van der Waals surface area contributed by atoms with Crippen LogP contribution in [0.1, 0.15) is 24.0 Å². The van der Waals surface area contributed by atoms with Crippen LogP contribution in [-0.2, 0) is 6.18 Å². The summed E-state index contributed by atoms with van der Waals surface area (Å²) >= 11 is 0. The number of nitrogens with two attached hydrogens (primary N) is 1. The van der Waals surface area contributed by atoms with Crippen LogP contribution in [0.4, 0.5) is 18.9 Å². The molecule has 3 N–H and O–H groups in total. The van der Waals surface area contributed by atoms with Crippen molar-refractivity contribution in [2.24, 2.45) is 5.73 Å². The van der Waals surface area contributed by atoms with Crippen LogP contribution in [0.15, 0.2) is 18.2 Å². The Morgan fingerprint density at radius 2 is 2.00 bits per heavy atom. The monoisotopic (exact) mass is 257 g/mol. The Hall–Kier alpha value is -1.74. The minimum absolute atomic E-state index is 0.360. The van der Waals surface area contributed by atoms with Gasteiger partial charge in [0.05, 0.1) is 17.2 Å². The molecular weight excluding hydrogens is 243 g/mol. The molecule has 0 aliphatic carbocycles. The highest BCUT2D eigenvalue weighted by atomic mass is 19.4. The number of alkyl halides is 3. The quantitative estimate of drug-likeness (QED) is 0.797. The van der Waals surface area contributed by atoms with E-state index >= 15 is 0 Å². The van der Waals surface area contributed by atoms with Gasteiger partial charge in [-0.2, -0.15) is 18.4 Å². The number of nitrogens with zero attached hydrogens (tertiary/aromatic N) is 1. The van der Waals surface area contributed by atoms with E-state index < -0.39 is 11.7 Å². The Morgan fingerprint density at radius 1 is 1.28 bits per heavy atom. The van der Waals surface area contributed by atoms with Gasteiger partial charge in [-0.15, -0.1) is 0 Å². The summed E-state index contributed by atoms with van der Waals surface area (Å²) in [6.07, 6.45) is -2.91. The molecule has 0 unspecified atom stereocenters. The van der Waals surface area contributed by atoms with Gasteiger partial charge < -0.3 is 11.1 Å². The number of nitrogens with one attached hydrogen (secondary N) is 1. The maximum Gasteiger partial charge on any atom is 0.417 e. The highest BCUT2D eigenvalue weighted by Gasteiger charge is 2.33. The Bertz CT molecular complexity index is 435. The first-order chi connectivity index (χ1) is 8.49. The summed E-state index contributed by atoms with van der Waals surface area (Å²) in [7, 11) is 0. The second-order valence-corrected chi connectivity index (χ2v) is 3.79. The zero-order valence-electron chi connectivity index (χ0n) is 9.72. The fourth-order valence-corrected chi connectivity index (χ4v) is 1.49. The zero-order valence-corrected chi connectivity index (χ0v) is 9.72. The third kappa shape index (κ3) is 3.93. The van der Waals surface area contributed by atoms with Gasteiger partial charge in [0.1, 0.15) is 0 Å². The molecule has 98 valence electrons. The minimum atomic E-state index is -4.51. The van der Waals surface area contributed by atoms with E-state index in [9.17, 15) is 13.2 Å². The van der Waals surface area contributed by atoms with Gasteiger partial charge in [0, 0.05) is 12.2 Å². The molecule has 0 radical (unpaired) electrons. The van der Waals surface area contributed by atoms with Gasteiger partial charge in [0.25, 0.3) is 0 Å². The van der Waals surface area contributed by atoms with Crippen LogP contribution in [-0.4, -0.2) is 13.1 Å². The van der Waals surface area contributed by atoms with Crippen LogP contribution in [0.2, 0.25) is 0 Å². The average Bonchev–Trinajstić information content (AvgIpc) is 2.33. The summed E-state index contributed by atoms with van der Waals surface area (Å²) in [6.45, 7) is 1.11. The molecule has 0 atom stereocenters. The van der Waals surface area contributed by atoms with E-state index in [4.69, 9.17) is 11.0 Å². The molecule has 0 fully saturated rings. The lowest BCUT2D eigenvalue weighted by molar-refractivity contribution is -0.137.